The highest BCUT2D eigenvalue weighted by Gasteiger charge is 2.35. The summed E-state index contributed by atoms with van der Waals surface area (Å²) in [6.07, 6.45) is 1.44. The van der Waals surface area contributed by atoms with Gasteiger partial charge in [-0.05, 0) is 19.4 Å². The van der Waals surface area contributed by atoms with Gasteiger partial charge in [0.05, 0.1) is 20.6 Å². The van der Waals surface area contributed by atoms with Crippen LogP contribution in [0, 0.1) is 0 Å². The van der Waals surface area contributed by atoms with Crippen molar-refractivity contribution in [2.45, 2.75) is 38.6 Å². The van der Waals surface area contributed by atoms with Crippen molar-refractivity contribution in [1.29, 1.82) is 0 Å². The van der Waals surface area contributed by atoms with Crippen molar-refractivity contribution in [3.63, 3.8) is 0 Å². The smallest absolute Gasteiger partial charge is 0.331 e. The molecule has 0 radical (unpaired) electrons. The van der Waals surface area contributed by atoms with Gasteiger partial charge in [-0.1, -0.05) is 31.5 Å². The molecule has 1 amide bonds. The third kappa shape index (κ3) is 4.48. The van der Waals surface area contributed by atoms with E-state index in [1.165, 1.54) is 7.11 Å². The summed E-state index contributed by atoms with van der Waals surface area (Å²) in [6, 6.07) is 7.31. The van der Waals surface area contributed by atoms with Gasteiger partial charge in [0.15, 0.2) is 0 Å². The monoisotopic (exact) mass is 293 g/mol. The van der Waals surface area contributed by atoms with Gasteiger partial charge in [-0.15, -0.1) is 0 Å². The molecule has 1 rings (SSSR count). The van der Waals surface area contributed by atoms with Crippen LogP contribution in [0.1, 0.15) is 32.3 Å². The lowest BCUT2D eigenvalue weighted by Crippen LogP contribution is -2.53. The van der Waals surface area contributed by atoms with Crippen molar-refractivity contribution in [2.24, 2.45) is 0 Å². The van der Waals surface area contributed by atoms with Gasteiger partial charge in [0.25, 0.3) is 0 Å². The molecular weight excluding hydrogens is 270 g/mol. The van der Waals surface area contributed by atoms with Crippen molar-refractivity contribution >= 4 is 11.9 Å². The number of para-hydroxylation sites is 1. The largest absolute Gasteiger partial charge is 0.496 e. The second kappa shape index (κ2) is 7.67. The summed E-state index contributed by atoms with van der Waals surface area (Å²) in [5, 5.41) is 2.78. The van der Waals surface area contributed by atoms with E-state index in [1.54, 1.807) is 20.1 Å². The first kappa shape index (κ1) is 17.0. The molecule has 0 saturated carbocycles. The number of nitrogens with one attached hydrogen (secondary N) is 1. The summed E-state index contributed by atoms with van der Waals surface area (Å²) in [5.41, 5.74) is -0.219. The number of esters is 1. The van der Waals surface area contributed by atoms with Crippen molar-refractivity contribution in [3.8, 4) is 5.75 Å². The lowest BCUT2D eigenvalue weighted by atomic mass is 9.95. The maximum Gasteiger partial charge on any atom is 0.331 e. The van der Waals surface area contributed by atoms with Gasteiger partial charge < -0.3 is 14.8 Å². The third-order valence-corrected chi connectivity index (χ3v) is 3.34. The summed E-state index contributed by atoms with van der Waals surface area (Å²) < 4.78 is 10.0. The first-order valence-electron chi connectivity index (χ1n) is 6.98. The lowest BCUT2D eigenvalue weighted by molar-refractivity contribution is -0.150. The van der Waals surface area contributed by atoms with Crippen molar-refractivity contribution in [2.75, 3.05) is 14.2 Å². The Hall–Kier alpha value is -2.04. The first-order valence-corrected chi connectivity index (χ1v) is 6.98. The fourth-order valence-corrected chi connectivity index (χ4v) is 2.31. The Kier molecular flexibility index (Phi) is 6.21. The zero-order valence-corrected chi connectivity index (χ0v) is 13.1. The Morgan fingerprint density at radius 2 is 1.90 bits per heavy atom. The van der Waals surface area contributed by atoms with E-state index in [1.807, 2.05) is 25.1 Å². The van der Waals surface area contributed by atoms with E-state index in [9.17, 15) is 9.59 Å². The van der Waals surface area contributed by atoms with Crippen LogP contribution >= 0.6 is 0 Å². The van der Waals surface area contributed by atoms with E-state index in [0.717, 1.165) is 12.0 Å². The summed E-state index contributed by atoms with van der Waals surface area (Å²) in [6.45, 7) is 3.63. The van der Waals surface area contributed by atoms with Gasteiger partial charge in [0.2, 0.25) is 5.91 Å². The molecular formula is C16H23NO4. The molecule has 5 heteroatoms. The fourth-order valence-electron chi connectivity index (χ4n) is 2.31. The van der Waals surface area contributed by atoms with Gasteiger partial charge >= 0.3 is 5.97 Å². The predicted molar refractivity (Wildman–Crippen MR) is 80.2 cm³/mol. The van der Waals surface area contributed by atoms with E-state index in [4.69, 9.17) is 9.47 Å². The van der Waals surface area contributed by atoms with E-state index in [0.29, 0.717) is 12.2 Å². The van der Waals surface area contributed by atoms with Crippen LogP contribution in [0.3, 0.4) is 0 Å². The number of ether oxygens (including phenoxy) is 2. The molecule has 1 atom stereocenters. The molecule has 0 spiro atoms. The lowest BCUT2D eigenvalue weighted by Gasteiger charge is -2.27. The van der Waals surface area contributed by atoms with Gasteiger partial charge in [-0.2, -0.15) is 0 Å². The Labute approximate surface area is 125 Å². The van der Waals surface area contributed by atoms with Crippen LogP contribution in [-0.2, 0) is 20.7 Å². The molecule has 5 nitrogen and oxygen atoms in total. The van der Waals surface area contributed by atoms with Crippen molar-refractivity contribution < 1.29 is 19.1 Å². The molecule has 0 aliphatic rings. The number of carbonyl (C=O) groups excluding carboxylic acids is 2. The molecule has 0 aromatic heterocycles. The van der Waals surface area contributed by atoms with Crippen LogP contribution < -0.4 is 10.1 Å². The predicted octanol–water partition coefficient (Wildman–Crippen LogP) is 2.09. The number of benzene rings is 1. The SMILES string of the molecule is CCCC(C)(NC(=O)Cc1ccccc1OC)C(=O)OC. The Balaban J connectivity index is 2.81. The quantitative estimate of drug-likeness (QED) is 0.782. The zero-order chi connectivity index (χ0) is 15.9. The van der Waals surface area contributed by atoms with Crippen LogP contribution in [-0.4, -0.2) is 31.6 Å². The molecule has 0 aliphatic heterocycles. The van der Waals surface area contributed by atoms with Gasteiger partial charge in [-0.3, -0.25) is 4.79 Å². The van der Waals surface area contributed by atoms with Crippen LogP contribution in [0.4, 0.5) is 0 Å². The first-order chi connectivity index (χ1) is 9.96. The number of amides is 1. The topological polar surface area (TPSA) is 64.6 Å². The van der Waals surface area contributed by atoms with E-state index in [-0.39, 0.29) is 12.3 Å². The fraction of sp³-hybridized carbons (Fsp3) is 0.500. The average Bonchev–Trinajstić information content (AvgIpc) is 2.46. The molecule has 1 aromatic rings. The minimum Gasteiger partial charge on any atom is -0.496 e. The second-order valence-electron chi connectivity index (χ2n) is 5.11. The van der Waals surface area contributed by atoms with Crippen LogP contribution in [0.2, 0.25) is 0 Å². The number of hydrogen-bond acceptors (Lipinski definition) is 4. The van der Waals surface area contributed by atoms with Crippen LogP contribution in [0.15, 0.2) is 24.3 Å². The van der Waals surface area contributed by atoms with E-state index in [2.05, 4.69) is 5.32 Å². The van der Waals surface area contributed by atoms with E-state index < -0.39 is 11.5 Å². The second-order valence-corrected chi connectivity index (χ2v) is 5.11. The van der Waals surface area contributed by atoms with Gasteiger partial charge in [0.1, 0.15) is 11.3 Å². The molecule has 0 fully saturated rings. The molecule has 1 N–H and O–H groups in total. The number of carbonyl (C=O) groups is 2. The molecule has 116 valence electrons. The average molecular weight is 293 g/mol. The van der Waals surface area contributed by atoms with Gasteiger partial charge in [0, 0.05) is 5.56 Å². The van der Waals surface area contributed by atoms with E-state index >= 15 is 0 Å². The summed E-state index contributed by atoms with van der Waals surface area (Å²) in [5.74, 6) is -0.0125. The summed E-state index contributed by atoms with van der Waals surface area (Å²) in [7, 11) is 2.88. The maximum atomic E-state index is 12.2. The minimum absolute atomic E-state index is 0.153. The molecule has 1 unspecified atom stereocenters. The third-order valence-electron chi connectivity index (χ3n) is 3.34. The van der Waals surface area contributed by atoms with Crippen molar-refractivity contribution in [1.82, 2.24) is 5.32 Å². The highest BCUT2D eigenvalue weighted by atomic mass is 16.5. The molecule has 1 aromatic carbocycles. The van der Waals surface area contributed by atoms with Crippen molar-refractivity contribution in [3.05, 3.63) is 29.8 Å². The standard InChI is InChI=1S/C16H23NO4/c1-5-10-16(2,15(19)21-4)17-14(18)11-12-8-6-7-9-13(12)20-3/h6-9H,5,10-11H2,1-4H3,(H,17,18). The number of methoxy groups -OCH3 is 2. The Morgan fingerprint density at radius 1 is 1.24 bits per heavy atom. The van der Waals surface area contributed by atoms with Crippen LogP contribution in [0.5, 0.6) is 5.75 Å². The molecule has 0 bridgehead atoms. The van der Waals surface area contributed by atoms with Crippen LogP contribution in [0.25, 0.3) is 0 Å². The zero-order valence-electron chi connectivity index (χ0n) is 13.1. The summed E-state index contributed by atoms with van der Waals surface area (Å²) in [4.78, 5) is 24.1. The Bertz CT molecular complexity index is 501. The number of hydrogen-bond donors (Lipinski definition) is 1. The summed E-state index contributed by atoms with van der Waals surface area (Å²) >= 11 is 0. The molecule has 21 heavy (non-hydrogen) atoms. The minimum atomic E-state index is -0.997. The molecule has 0 heterocycles. The maximum absolute atomic E-state index is 12.2. The highest BCUT2D eigenvalue weighted by molar-refractivity contribution is 5.88. The normalized spacial score (nSPS) is 13.1. The Morgan fingerprint density at radius 3 is 2.48 bits per heavy atom. The number of rotatable bonds is 7. The highest BCUT2D eigenvalue weighted by Crippen LogP contribution is 2.19. The molecule has 0 aliphatic carbocycles. The molecule has 0 saturated heterocycles. The van der Waals surface area contributed by atoms with Gasteiger partial charge in [-0.25, -0.2) is 4.79 Å².